The summed E-state index contributed by atoms with van der Waals surface area (Å²) in [6.07, 6.45) is 1.91. The van der Waals surface area contributed by atoms with Crippen molar-refractivity contribution in [2.45, 2.75) is 12.8 Å². The van der Waals surface area contributed by atoms with Crippen LogP contribution in [0, 0.1) is 0 Å². The highest BCUT2D eigenvalue weighted by molar-refractivity contribution is 5.87. The highest BCUT2D eigenvalue weighted by Crippen LogP contribution is 2.32. The Balaban J connectivity index is 2.85. The average molecular weight is 282 g/mol. The van der Waals surface area contributed by atoms with Gasteiger partial charge in [-0.25, -0.2) is 0 Å². The number of carbonyl (C=O) groups is 1. The first kappa shape index (κ1) is 15.6. The molecule has 1 aromatic carbocycles. The lowest BCUT2D eigenvalue weighted by atomic mass is 10.2. The van der Waals surface area contributed by atoms with Crippen molar-refractivity contribution in [3.8, 4) is 17.2 Å². The van der Waals surface area contributed by atoms with Crippen molar-refractivity contribution in [2.24, 2.45) is 10.9 Å². The molecule has 3 N–H and O–H groups in total. The van der Waals surface area contributed by atoms with Crippen LogP contribution in [-0.2, 0) is 4.79 Å². The second-order valence-electron chi connectivity index (χ2n) is 3.87. The van der Waals surface area contributed by atoms with Gasteiger partial charge in [-0.3, -0.25) is 4.79 Å². The van der Waals surface area contributed by atoms with E-state index in [2.05, 4.69) is 5.10 Å². The average Bonchev–Trinajstić information content (AvgIpc) is 2.44. The maximum absolute atomic E-state index is 10.4. The Bertz CT molecular complexity index is 463. The lowest BCUT2D eigenvalue weighted by molar-refractivity contribution is -0.137. The number of carboxylic acids is 1. The zero-order chi connectivity index (χ0) is 15.0. The highest BCUT2D eigenvalue weighted by Gasteiger charge is 2.11. The number of ether oxygens (including phenoxy) is 3. The van der Waals surface area contributed by atoms with Gasteiger partial charge in [0.2, 0.25) is 0 Å². The normalized spacial score (nSPS) is 10.5. The molecule has 0 radical (unpaired) electrons. The van der Waals surface area contributed by atoms with Crippen molar-refractivity contribution < 1.29 is 24.1 Å². The standard InChI is InChI=1S/C13H18N2O5/c1-18-11-6-9(20-5-3-4-13(16)17)7-12(19-2)10(11)8-15-14/h6-8H,3-5,14H2,1-2H3,(H,16,17). The van der Waals surface area contributed by atoms with Crippen LogP contribution in [0.25, 0.3) is 0 Å². The van der Waals surface area contributed by atoms with E-state index in [1.54, 1.807) is 12.1 Å². The van der Waals surface area contributed by atoms with Gasteiger partial charge in [-0.1, -0.05) is 0 Å². The van der Waals surface area contributed by atoms with Crippen LogP contribution in [0.4, 0.5) is 0 Å². The van der Waals surface area contributed by atoms with Crippen molar-refractivity contribution in [1.82, 2.24) is 0 Å². The quantitative estimate of drug-likeness (QED) is 0.322. The summed E-state index contributed by atoms with van der Waals surface area (Å²) in [5.74, 6) is 5.83. The molecule has 0 aliphatic heterocycles. The first-order valence-corrected chi connectivity index (χ1v) is 5.96. The summed E-state index contributed by atoms with van der Waals surface area (Å²) in [6.45, 7) is 0.295. The van der Waals surface area contributed by atoms with Crippen LogP contribution >= 0.6 is 0 Å². The Kier molecular flexibility index (Phi) is 6.15. The number of hydrazone groups is 1. The maximum atomic E-state index is 10.4. The van der Waals surface area contributed by atoms with Crippen molar-refractivity contribution in [3.63, 3.8) is 0 Å². The Hall–Kier alpha value is -2.44. The summed E-state index contributed by atoms with van der Waals surface area (Å²) in [5, 5.41) is 12.0. The van der Waals surface area contributed by atoms with Gasteiger partial charge in [0, 0.05) is 18.6 Å². The summed E-state index contributed by atoms with van der Waals surface area (Å²) in [5.41, 5.74) is 0.607. The predicted molar refractivity (Wildman–Crippen MR) is 73.7 cm³/mol. The lowest BCUT2D eigenvalue weighted by Gasteiger charge is -2.13. The molecular formula is C13H18N2O5. The number of hydrogen-bond donors (Lipinski definition) is 2. The van der Waals surface area contributed by atoms with E-state index in [9.17, 15) is 4.79 Å². The van der Waals surface area contributed by atoms with Gasteiger partial charge in [-0.05, 0) is 6.42 Å². The molecule has 7 nitrogen and oxygen atoms in total. The second kappa shape index (κ2) is 7.88. The Labute approximate surface area is 116 Å². The molecule has 0 atom stereocenters. The van der Waals surface area contributed by atoms with E-state index in [1.807, 2.05) is 0 Å². The van der Waals surface area contributed by atoms with Crippen LogP contribution in [0.5, 0.6) is 17.2 Å². The van der Waals surface area contributed by atoms with E-state index >= 15 is 0 Å². The van der Waals surface area contributed by atoms with Crippen LogP contribution in [0.2, 0.25) is 0 Å². The maximum Gasteiger partial charge on any atom is 0.303 e. The van der Waals surface area contributed by atoms with Crippen molar-refractivity contribution in [3.05, 3.63) is 17.7 Å². The topological polar surface area (TPSA) is 103 Å². The molecule has 0 amide bonds. The van der Waals surface area contributed by atoms with Gasteiger partial charge in [0.25, 0.3) is 0 Å². The number of carboxylic acid groups (broad SMARTS) is 1. The minimum absolute atomic E-state index is 0.0617. The van der Waals surface area contributed by atoms with E-state index in [0.717, 1.165) is 0 Å². The van der Waals surface area contributed by atoms with Crippen LogP contribution < -0.4 is 20.1 Å². The van der Waals surface area contributed by atoms with Crippen molar-refractivity contribution in [1.29, 1.82) is 0 Å². The lowest BCUT2D eigenvalue weighted by Crippen LogP contribution is -2.03. The zero-order valence-electron chi connectivity index (χ0n) is 11.5. The molecule has 0 aliphatic rings. The van der Waals surface area contributed by atoms with E-state index in [4.69, 9.17) is 25.2 Å². The molecule has 20 heavy (non-hydrogen) atoms. The summed E-state index contributed by atoms with van der Waals surface area (Å²) < 4.78 is 15.9. The van der Waals surface area contributed by atoms with Crippen LogP contribution in [-0.4, -0.2) is 38.1 Å². The van der Waals surface area contributed by atoms with Gasteiger partial charge >= 0.3 is 5.97 Å². The molecule has 0 aliphatic carbocycles. The number of methoxy groups -OCH3 is 2. The molecule has 0 bridgehead atoms. The van der Waals surface area contributed by atoms with Crippen LogP contribution in [0.15, 0.2) is 17.2 Å². The molecule has 1 rings (SSSR count). The molecule has 110 valence electrons. The highest BCUT2D eigenvalue weighted by atomic mass is 16.5. The van der Waals surface area contributed by atoms with Gasteiger partial charge in [0.15, 0.2) is 0 Å². The number of aliphatic carboxylic acids is 1. The molecule has 7 heteroatoms. The first-order valence-electron chi connectivity index (χ1n) is 5.96. The molecule has 0 aromatic heterocycles. The summed E-state index contributed by atoms with van der Waals surface area (Å²) >= 11 is 0. The molecule has 0 spiro atoms. The third-order valence-corrected chi connectivity index (χ3v) is 2.52. The number of benzene rings is 1. The van der Waals surface area contributed by atoms with Gasteiger partial charge in [0.05, 0.1) is 32.6 Å². The molecule has 0 saturated carbocycles. The molecule has 0 heterocycles. The second-order valence-corrected chi connectivity index (χ2v) is 3.87. The van der Waals surface area contributed by atoms with Gasteiger partial charge < -0.3 is 25.2 Å². The van der Waals surface area contributed by atoms with Gasteiger partial charge in [-0.2, -0.15) is 5.10 Å². The Morgan fingerprint density at radius 3 is 2.40 bits per heavy atom. The van der Waals surface area contributed by atoms with Gasteiger partial charge in [-0.15, -0.1) is 0 Å². The largest absolute Gasteiger partial charge is 0.496 e. The summed E-state index contributed by atoms with van der Waals surface area (Å²) in [6, 6.07) is 3.33. The zero-order valence-corrected chi connectivity index (χ0v) is 11.5. The number of nitrogens with two attached hydrogens (primary N) is 1. The van der Waals surface area contributed by atoms with Gasteiger partial charge in [0.1, 0.15) is 17.2 Å². The van der Waals surface area contributed by atoms with E-state index < -0.39 is 5.97 Å². The molecule has 0 unspecified atom stereocenters. The number of hydrogen-bond acceptors (Lipinski definition) is 6. The Morgan fingerprint density at radius 2 is 1.95 bits per heavy atom. The van der Waals surface area contributed by atoms with Crippen molar-refractivity contribution in [2.75, 3.05) is 20.8 Å². The molecule has 0 saturated heterocycles. The predicted octanol–water partition coefficient (Wildman–Crippen LogP) is 1.24. The fourth-order valence-corrected chi connectivity index (χ4v) is 1.61. The fraction of sp³-hybridized carbons (Fsp3) is 0.385. The van der Waals surface area contributed by atoms with Crippen LogP contribution in [0.1, 0.15) is 18.4 Å². The number of nitrogens with zero attached hydrogens (tertiary/aromatic N) is 1. The summed E-state index contributed by atoms with van der Waals surface area (Å²) in [4.78, 5) is 10.4. The fourth-order valence-electron chi connectivity index (χ4n) is 1.61. The third-order valence-electron chi connectivity index (χ3n) is 2.52. The molecule has 1 aromatic rings. The first-order chi connectivity index (χ1) is 9.62. The minimum Gasteiger partial charge on any atom is -0.496 e. The SMILES string of the molecule is COc1cc(OCCCC(=O)O)cc(OC)c1C=NN. The minimum atomic E-state index is -0.849. The monoisotopic (exact) mass is 282 g/mol. The summed E-state index contributed by atoms with van der Waals surface area (Å²) in [7, 11) is 3.02. The smallest absolute Gasteiger partial charge is 0.303 e. The third kappa shape index (κ3) is 4.34. The Morgan fingerprint density at radius 1 is 1.35 bits per heavy atom. The van der Waals surface area contributed by atoms with E-state index in [0.29, 0.717) is 35.8 Å². The molecule has 0 fully saturated rings. The van der Waals surface area contributed by atoms with Crippen LogP contribution in [0.3, 0.4) is 0 Å². The number of rotatable bonds is 8. The van der Waals surface area contributed by atoms with E-state index in [-0.39, 0.29) is 6.42 Å². The van der Waals surface area contributed by atoms with E-state index in [1.165, 1.54) is 20.4 Å². The molecular weight excluding hydrogens is 264 g/mol. The van der Waals surface area contributed by atoms with Crippen molar-refractivity contribution >= 4 is 12.2 Å².